The third-order valence-electron chi connectivity index (χ3n) is 4.18. The van der Waals surface area contributed by atoms with Crippen LogP contribution in [0.15, 0.2) is 16.6 Å². The van der Waals surface area contributed by atoms with Crippen LogP contribution in [0.3, 0.4) is 0 Å². The van der Waals surface area contributed by atoms with Crippen LogP contribution < -0.4 is 0 Å². The largest absolute Gasteiger partial charge is 0.385 e. The number of hydrogen-bond acceptors (Lipinski definition) is 1. The molecule has 1 aliphatic rings. The molecule has 3 unspecified atom stereocenters. The van der Waals surface area contributed by atoms with E-state index in [-0.39, 0.29) is 5.02 Å². The molecule has 1 nitrogen and oxygen atoms in total. The van der Waals surface area contributed by atoms with Crippen LogP contribution in [-0.2, 0) is 5.60 Å². The zero-order valence-electron chi connectivity index (χ0n) is 10.5. The zero-order chi connectivity index (χ0) is 13.5. The van der Waals surface area contributed by atoms with Crippen LogP contribution in [0.4, 0.5) is 4.39 Å². The minimum atomic E-state index is -1.08. The summed E-state index contributed by atoms with van der Waals surface area (Å²) in [7, 11) is 0. The van der Waals surface area contributed by atoms with E-state index in [1.807, 2.05) is 0 Å². The van der Waals surface area contributed by atoms with Gasteiger partial charge in [-0.15, -0.1) is 0 Å². The summed E-state index contributed by atoms with van der Waals surface area (Å²) in [6.07, 6.45) is 2.08. The van der Waals surface area contributed by atoms with E-state index in [9.17, 15) is 9.50 Å². The molecule has 1 aliphatic carbocycles. The highest BCUT2D eigenvalue weighted by atomic mass is 79.9. The number of hydrogen-bond donors (Lipinski definition) is 1. The summed E-state index contributed by atoms with van der Waals surface area (Å²) in [6, 6.07) is 3.33. The summed E-state index contributed by atoms with van der Waals surface area (Å²) in [5.41, 5.74) is -0.755. The molecule has 0 heterocycles. The number of benzene rings is 1. The highest BCUT2D eigenvalue weighted by Gasteiger charge is 2.39. The molecular weight excluding hydrogens is 319 g/mol. The normalized spacial score (nSPS) is 32.6. The standard InChI is InChI=1S/C14H17BrClFO/c1-8-5-6-14(18,7-9(8)2)10-3-4-11(15)12(16)13(10)17/h3-4,8-9,18H,5-7H2,1-2H3. The van der Waals surface area contributed by atoms with Gasteiger partial charge in [-0.25, -0.2) is 4.39 Å². The molecule has 1 N–H and O–H groups in total. The van der Waals surface area contributed by atoms with Gasteiger partial charge in [0.25, 0.3) is 0 Å². The van der Waals surface area contributed by atoms with E-state index in [1.165, 1.54) is 0 Å². The van der Waals surface area contributed by atoms with Crippen molar-refractivity contribution in [2.75, 3.05) is 0 Å². The summed E-state index contributed by atoms with van der Waals surface area (Å²) in [4.78, 5) is 0. The SMILES string of the molecule is CC1CCC(O)(c2ccc(Br)c(Cl)c2F)CC1C. The van der Waals surface area contributed by atoms with Crippen LogP contribution in [0.2, 0.25) is 5.02 Å². The van der Waals surface area contributed by atoms with E-state index in [2.05, 4.69) is 29.8 Å². The van der Waals surface area contributed by atoms with Crippen molar-refractivity contribution in [2.24, 2.45) is 11.8 Å². The lowest BCUT2D eigenvalue weighted by atomic mass is 9.70. The van der Waals surface area contributed by atoms with Gasteiger partial charge in [0, 0.05) is 10.0 Å². The van der Waals surface area contributed by atoms with Gasteiger partial charge < -0.3 is 5.11 Å². The van der Waals surface area contributed by atoms with Gasteiger partial charge in [0.05, 0.1) is 10.6 Å². The molecule has 1 aromatic rings. The van der Waals surface area contributed by atoms with E-state index in [1.54, 1.807) is 12.1 Å². The second kappa shape index (κ2) is 5.10. The Kier molecular flexibility index (Phi) is 4.05. The first-order chi connectivity index (χ1) is 8.35. The van der Waals surface area contributed by atoms with Gasteiger partial charge in [-0.3, -0.25) is 0 Å². The van der Waals surface area contributed by atoms with Crippen molar-refractivity contribution in [3.8, 4) is 0 Å². The zero-order valence-corrected chi connectivity index (χ0v) is 12.9. The molecule has 0 aliphatic heterocycles. The van der Waals surface area contributed by atoms with E-state index in [4.69, 9.17) is 11.6 Å². The van der Waals surface area contributed by atoms with E-state index < -0.39 is 11.4 Å². The van der Waals surface area contributed by atoms with Crippen LogP contribution in [0.5, 0.6) is 0 Å². The predicted octanol–water partition coefficient (Wildman–Crippen LogP) is 4.89. The predicted molar refractivity (Wildman–Crippen MR) is 75.2 cm³/mol. The van der Waals surface area contributed by atoms with Gasteiger partial charge in [0.1, 0.15) is 5.82 Å². The van der Waals surface area contributed by atoms with Gasteiger partial charge in [-0.2, -0.15) is 0 Å². The monoisotopic (exact) mass is 334 g/mol. The van der Waals surface area contributed by atoms with Gasteiger partial charge >= 0.3 is 0 Å². The minimum Gasteiger partial charge on any atom is -0.385 e. The number of aliphatic hydroxyl groups is 1. The summed E-state index contributed by atoms with van der Waals surface area (Å²) in [5.74, 6) is 0.445. The smallest absolute Gasteiger partial charge is 0.149 e. The Labute approximate surface area is 120 Å². The van der Waals surface area contributed by atoms with Crippen molar-refractivity contribution < 1.29 is 9.50 Å². The summed E-state index contributed by atoms with van der Waals surface area (Å²) in [5, 5.41) is 10.8. The molecule has 18 heavy (non-hydrogen) atoms. The Hall–Kier alpha value is -0.120. The van der Waals surface area contributed by atoms with Crippen molar-refractivity contribution in [2.45, 2.75) is 38.7 Å². The molecule has 0 spiro atoms. The molecule has 0 amide bonds. The van der Waals surface area contributed by atoms with Crippen molar-refractivity contribution in [1.29, 1.82) is 0 Å². The van der Waals surface area contributed by atoms with Crippen molar-refractivity contribution in [3.05, 3.63) is 33.0 Å². The molecule has 100 valence electrons. The molecule has 0 radical (unpaired) electrons. The summed E-state index contributed by atoms with van der Waals surface area (Å²) < 4.78 is 14.7. The lowest BCUT2D eigenvalue weighted by Gasteiger charge is -2.39. The van der Waals surface area contributed by atoms with Crippen molar-refractivity contribution in [1.82, 2.24) is 0 Å². The lowest BCUT2D eigenvalue weighted by molar-refractivity contribution is -0.0361. The highest BCUT2D eigenvalue weighted by Crippen LogP contribution is 2.44. The topological polar surface area (TPSA) is 20.2 Å². The van der Waals surface area contributed by atoms with Gasteiger partial charge in [-0.1, -0.05) is 31.5 Å². The van der Waals surface area contributed by atoms with Crippen LogP contribution in [0, 0.1) is 17.7 Å². The van der Waals surface area contributed by atoms with Crippen LogP contribution in [-0.4, -0.2) is 5.11 Å². The fourth-order valence-electron chi connectivity index (χ4n) is 2.72. The van der Waals surface area contributed by atoms with E-state index >= 15 is 0 Å². The average molecular weight is 336 g/mol. The Bertz CT molecular complexity index is 465. The van der Waals surface area contributed by atoms with Crippen LogP contribution >= 0.6 is 27.5 Å². The summed E-state index contributed by atoms with van der Waals surface area (Å²) >= 11 is 9.09. The Morgan fingerprint density at radius 2 is 2.06 bits per heavy atom. The highest BCUT2D eigenvalue weighted by molar-refractivity contribution is 9.10. The molecule has 3 atom stereocenters. The van der Waals surface area contributed by atoms with Crippen LogP contribution in [0.1, 0.15) is 38.7 Å². The average Bonchev–Trinajstić information content (AvgIpc) is 2.31. The fraction of sp³-hybridized carbons (Fsp3) is 0.571. The molecular formula is C14H17BrClFO. The van der Waals surface area contributed by atoms with Crippen molar-refractivity contribution in [3.63, 3.8) is 0 Å². The minimum absolute atomic E-state index is 0.0483. The maximum atomic E-state index is 14.2. The Morgan fingerprint density at radius 3 is 2.67 bits per heavy atom. The lowest BCUT2D eigenvalue weighted by Crippen LogP contribution is -2.36. The van der Waals surface area contributed by atoms with E-state index in [0.717, 1.165) is 6.42 Å². The molecule has 0 saturated heterocycles. The second-order valence-corrected chi connectivity index (χ2v) is 6.68. The van der Waals surface area contributed by atoms with Crippen molar-refractivity contribution >= 4 is 27.5 Å². The Balaban J connectivity index is 2.39. The second-order valence-electron chi connectivity index (χ2n) is 5.45. The summed E-state index contributed by atoms with van der Waals surface area (Å²) in [6.45, 7) is 4.28. The molecule has 0 aromatic heterocycles. The first kappa shape index (κ1) is 14.3. The third kappa shape index (κ3) is 2.45. The number of rotatable bonds is 1. The van der Waals surface area contributed by atoms with Crippen LogP contribution in [0.25, 0.3) is 0 Å². The Morgan fingerprint density at radius 1 is 1.39 bits per heavy atom. The van der Waals surface area contributed by atoms with Gasteiger partial charge in [-0.05, 0) is 53.1 Å². The molecule has 2 rings (SSSR count). The maximum absolute atomic E-state index is 14.2. The third-order valence-corrected chi connectivity index (χ3v) is 5.44. The molecule has 1 aromatic carbocycles. The molecule has 1 saturated carbocycles. The van der Waals surface area contributed by atoms with Gasteiger partial charge in [0.2, 0.25) is 0 Å². The quantitative estimate of drug-likeness (QED) is 0.725. The molecule has 0 bridgehead atoms. The first-order valence-corrected chi connectivity index (χ1v) is 7.38. The molecule has 1 fully saturated rings. The maximum Gasteiger partial charge on any atom is 0.149 e. The van der Waals surface area contributed by atoms with E-state index in [0.29, 0.717) is 34.7 Å². The molecule has 4 heteroatoms. The number of halogens is 3. The van der Waals surface area contributed by atoms with Gasteiger partial charge in [0.15, 0.2) is 0 Å². The fourth-order valence-corrected chi connectivity index (χ4v) is 3.19. The first-order valence-electron chi connectivity index (χ1n) is 6.21.